The summed E-state index contributed by atoms with van der Waals surface area (Å²) in [5.41, 5.74) is 0.895. The van der Waals surface area contributed by atoms with Gasteiger partial charge in [-0.05, 0) is 12.3 Å². The van der Waals surface area contributed by atoms with Crippen LogP contribution in [0.4, 0.5) is 0 Å². The normalized spacial score (nSPS) is 25.1. The number of hydrogen-bond donors (Lipinski definition) is 2. The van der Waals surface area contributed by atoms with E-state index in [0.29, 0.717) is 0 Å². The minimum Gasteiger partial charge on any atom is -0.411 e. The fourth-order valence-electron chi connectivity index (χ4n) is 3.10. The van der Waals surface area contributed by atoms with Crippen molar-refractivity contribution in [2.75, 3.05) is 19.6 Å². The first-order valence-electron chi connectivity index (χ1n) is 6.88. The zero-order valence-corrected chi connectivity index (χ0v) is 10.5. The molecule has 1 saturated heterocycles. The number of piperidine rings is 1. The summed E-state index contributed by atoms with van der Waals surface area (Å²) in [4.78, 5) is 2.29. The summed E-state index contributed by atoms with van der Waals surface area (Å²) in [6.07, 6.45) is 7.77. The van der Waals surface area contributed by atoms with Crippen LogP contribution in [0.5, 0.6) is 0 Å². The van der Waals surface area contributed by atoms with Crippen LogP contribution in [0.15, 0.2) is 5.16 Å². The van der Waals surface area contributed by atoms with Crippen LogP contribution in [-0.2, 0) is 0 Å². The number of aliphatic hydroxyl groups excluding tert-OH is 1. The lowest BCUT2D eigenvalue weighted by atomic mass is 9.99. The maximum atomic E-state index is 10.1. The molecule has 17 heavy (non-hydrogen) atoms. The maximum Gasteiger partial charge on any atom is 0.0669 e. The van der Waals surface area contributed by atoms with Gasteiger partial charge in [0.1, 0.15) is 0 Å². The van der Waals surface area contributed by atoms with Gasteiger partial charge in [0, 0.05) is 32.5 Å². The van der Waals surface area contributed by atoms with Gasteiger partial charge in [-0.2, -0.15) is 0 Å². The molecule has 2 aliphatic rings. The van der Waals surface area contributed by atoms with Gasteiger partial charge in [0.05, 0.1) is 11.8 Å². The molecule has 1 aliphatic carbocycles. The topological polar surface area (TPSA) is 56.1 Å². The van der Waals surface area contributed by atoms with E-state index in [9.17, 15) is 5.11 Å². The third-order valence-corrected chi connectivity index (χ3v) is 4.12. The summed E-state index contributed by atoms with van der Waals surface area (Å²) in [7, 11) is 0. The second-order valence-corrected chi connectivity index (χ2v) is 5.51. The fourth-order valence-corrected chi connectivity index (χ4v) is 3.10. The second kappa shape index (κ2) is 6.36. The highest BCUT2D eigenvalue weighted by Gasteiger charge is 2.22. The van der Waals surface area contributed by atoms with Crippen molar-refractivity contribution < 1.29 is 10.3 Å². The monoisotopic (exact) mass is 240 g/mol. The Hall–Kier alpha value is -0.610. The van der Waals surface area contributed by atoms with Crippen molar-refractivity contribution in [3.8, 4) is 0 Å². The molecule has 1 saturated carbocycles. The third-order valence-electron chi connectivity index (χ3n) is 4.12. The van der Waals surface area contributed by atoms with Crippen molar-refractivity contribution in [1.29, 1.82) is 0 Å². The average molecular weight is 240 g/mol. The molecular weight excluding hydrogens is 216 g/mol. The van der Waals surface area contributed by atoms with Crippen molar-refractivity contribution in [1.82, 2.24) is 4.90 Å². The third kappa shape index (κ3) is 3.96. The van der Waals surface area contributed by atoms with Crippen molar-refractivity contribution in [3.05, 3.63) is 0 Å². The Morgan fingerprint density at radius 3 is 2.47 bits per heavy atom. The van der Waals surface area contributed by atoms with E-state index in [0.717, 1.165) is 50.5 Å². The lowest BCUT2D eigenvalue weighted by Crippen LogP contribution is -2.39. The van der Waals surface area contributed by atoms with Gasteiger partial charge >= 0.3 is 0 Å². The second-order valence-electron chi connectivity index (χ2n) is 5.51. The van der Waals surface area contributed by atoms with E-state index in [1.165, 1.54) is 25.7 Å². The molecule has 0 aromatic heterocycles. The Morgan fingerprint density at radius 2 is 1.88 bits per heavy atom. The van der Waals surface area contributed by atoms with E-state index in [1.54, 1.807) is 0 Å². The maximum absolute atomic E-state index is 10.1. The Bertz CT molecular complexity index is 252. The van der Waals surface area contributed by atoms with Gasteiger partial charge in [-0.15, -0.1) is 0 Å². The van der Waals surface area contributed by atoms with Crippen LogP contribution < -0.4 is 0 Å². The first-order chi connectivity index (χ1) is 8.28. The van der Waals surface area contributed by atoms with Crippen LogP contribution in [0.3, 0.4) is 0 Å². The number of oxime groups is 1. The Labute approximate surface area is 103 Å². The predicted molar refractivity (Wildman–Crippen MR) is 67.5 cm³/mol. The van der Waals surface area contributed by atoms with E-state index in [2.05, 4.69) is 10.1 Å². The number of likely N-dealkylation sites (tertiary alicyclic amines) is 1. The zero-order valence-electron chi connectivity index (χ0n) is 10.5. The number of β-amino-alcohol motifs (C(OH)–C–C–N with tert-alkyl or cyclic N) is 1. The average Bonchev–Trinajstić information content (AvgIpc) is 2.82. The van der Waals surface area contributed by atoms with Crippen LogP contribution in [0.25, 0.3) is 0 Å². The molecule has 98 valence electrons. The number of nitrogens with zero attached hydrogens (tertiary/aromatic N) is 2. The van der Waals surface area contributed by atoms with Gasteiger partial charge in [-0.25, -0.2) is 0 Å². The van der Waals surface area contributed by atoms with Crippen molar-refractivity contribution in [2.45, 2.75) is 51.0 Å². The summed E-state index contributed by atoms with van der Waals surface area (Å²) in [6.45, 7) is 2.62. The minimum absolute atomic E-state index is 0.175. The van der Waals surface area contributed by atoms with E-state index < -0.39 is 0 Å². The summed E-state index contributed by atoms with van der Waals surface area (Å²) < 4.78 is 0. The van der Waals surface area contributed by atoms with Crippen LogP contribution in [-0.4, -0.2) is 46.7 Å². The molecule has 0 spiro atoms. The smallest absolute Gasteiger partial charge is 0.0669 e. The fraction of sp³-hybridized carbons (Fsp3) is 0.923. The zero-order chi connectivity index (χ0) is 12.1. The van der Waals surface area contributed by atoms with Crippen molar-refractivity contribution in [3.63, 3.8) is 0 Å². The van der Waals surface area contributed by atoms with Crippen molar-refractivity contribution in [2.24, 2.45) is 11.1 Å². The molecular formula is C13H24N2O2. The van der Waals surface area contributed by atoms with Crippen molar-refractivity contribution >= 4 is 5.71 Å². The number of rotatable bonds is 4. The van der Waals surface area contributed by atoms with E-state index in [-0.39, 0.29) is 6.10 Å². The Kier molecular flexibility index (Phi) is 4.80. The standard InChI is InChI=1S/C13H24N2O2/c16-13(9-11-3-1-2-4-11)10-15-7-5-12(14-17)6-8-15/h11,13,16-17H,1-10H2. The molecule has 1 atom stereocenters. The van der Waals surface area contributed by atoms with Gasteiger partial charge < -0.3 is 15.2 Å². The molecule has 0 aromatic carbocycles. The highest BCUT2D eigenvalue weighted by Crippen LogP contribution is 2.28. The molecule has 1 heterocycles. The molecule has 2 N–H and O–H groups in total. The molecule has 1 unspecified atom stereocenters. The lowest BCUT2D eigenvalue weighted by Gasteiger charge is -2.29. The molecule has 0 aromatic rings. The van der Waals surface area contributed by atoms with Crippen LogP contribution in [0, 0.1) is 5.92 Å². The first-order valence-corrected chi connectivity index (χ1v) is 6.88. The molecule has 0 radical (unpaired) electrons. The summed E-state index contributed by atoms with van der Waals surface area (Å²) in [5.74, 6) is 0.754. The van der Waals surface area contributed by atoms with Gasteiger partial charge in [0.25, 0.3) is 0 Å². The number of aliphatic hydroxyl groups is 1. The van der Waals surface area contributed by atoms with Gasteiger partial charge in [0.15, 0.2) is 0 Å². The Balaban J connectivity index is 1.66. The molecule has 4 heteroatoms. The predicted octanol–water partition coefficient (Wildman–Crippen LogP) is 1.85. The minimum atomic E-state index is -0.175. The van der Waals surface area contributed by atoms with E-state index >= 15 is 0 Å². The quantitative estimate of drug-likeness (QED) is 0.582. The highest BCUT2D eigenvalue weighted by molar-refractivity contribution is 5.84. The van der Waals surface area contributed by atoms with Gasteiger partial charge in [-0.1, -0.05) is 30.8 Å². The number of hydrogen-bond acceptors (Lipinski definition) is 4. The van der Waals surface area contributed by atoms with Crippen LogP contribution >= 0.6 is 0 Å². The summed E-state index contributed by atoms with van der Waals surface area (Å²) in [5, 5.41) is 22.0. The molecule has 0 bridgehead atoms. The molecule has 1 aliphatic heterocycles. The van der Waals surface area contributed by atoms with Gasteiger partial charge in [0.2, 0.25) is 0 Å². The van der Waals surface area contributed by atoms with E-state index in [4.69, 9.17) is 5.21 Å². The summed E-state index contributed by atoms with van der Waals surface area (Å²) in [6, 6.07) is 0. The van der Waals surface area contributed by atoms with Crippen LogP contribution in [0.2, 0.25) is 0 Å². The van der Waals surface area contributed by atoms with Crippen LogP contribution in [0.1, 0.15) is 44.9 Å². The largest absolute Gasteiger partial charge is 0.411 e. The SMILES string of the molecule is ON=C1CCN(CC(O)CC2CCCC2)CC1. The van der Waals surface area contributed by atoms with Gasteiger partial charge in [-0.3, -0.25) is 0 Å². The lowest BCUT2D eigenvalue weighted by molar-refractivity contribution is 0.0904. The Morgan fingerprint density at radius 1 is 1.24 bits per heavy atom. The molecule has 2 rings (SSSR count). The highest BCUT2D eigenvalue weighted by atomic mass is 16.4. The summed E-state index contributed by atoms with van der Waals surface area (Å²) >= 11 is 0. The molecule has 0 amide bonds. The molecule has 4 nitrogen and oxygen atoms in total. The first kappa shape index (κ1) is 12.8. The van der Waals surface area contributed by atoms with E-state index in [1.807, 2.05) is 0 Å². The molecule has 2 fully saturated rings.